The maximum absolute atomic E-state index is 12.8. The first-order valence-electron chi connectivity index (χ1n) is 8.07. The van der Waals surface area contributed by atoms with Crippen molar-refractivity contribution in [3.8, 4) is 0 Å². The predicted octanol–water partition coefficient (Wildman–Crippen LogP) is 2.04. The van der Waals surface area contributed by atoms with E-state index in [-0.39, 0.29) is 17.3 Å². The molecule has 0 aliphatic carbocycles. The third-order valence-corrected chi connectivity index (χ3v) is 5.67. The largest absolute Gasteiger partial charge is 0.359 e. The topological polar surface area (TPSA) is 78.5 Å². The van der Waals surface area contributed by atoms with Crippen LogP contribution in [0, 0.1) is 13.8 Å². The number of carbonyl (C=O) groups is 1. The Labute approximate surface area is 147 Å². The fourth-order valence-corrected chi connectivity index (χ4v) is 4.28. The molecule has 0 radical (unpaired) electrons. The average Bonchev–Trinajstić information content (AvgIpc) is 2.54. The minimum absolute atomic E-state index is 0.0710. The third kappa shape index (κ3) is 3.76. The van der Waals surface area contributed by atoms with Crippen molar-refractivity contribution in [2.75, 3.05) is 29.3 Å². The first-order chi connectivity index (χ1) is 11.9. The van der Waals surface area contributed by atoms with Crippen LogP contribution in [0.2, 0.25) is 0 Å². The summed E-state index contributed by atoms with van der Waals surface area (Å²) in [6, 6.07) is 12.4. The molecule has 3 rings (SSSR count). The molecule has 0 bridgehead atoms. The summed E-state index contributed by atoms with van der Waals surface area (Å²) in [7, 11) is -3.71. The first-order valence-corrected chi connectivity index (χ1v) is 9.56. The van der Waals surface area contributed by atoms with E-state index in [1.807, 2.05) is 30.0 Å². The Balaban J connectivity index is 1.94. The average molecular weight is 359 g/mol. The summed E-state index contributed by atoms with van der Waals surface area (Å²) in [5, 5.41) is 2.77. The van der Waals surface area contributed by atoms with Gasteiger partial charge in [0.15, 0.2) is 0 Å². The second-order valence-corrected chi connectivity index (χ2v) is 7.81. The Kier molecular flexibility index (Phi) is 4.67. The molecule has 2 N–H and O–H groups in total. The fraction of sp³-hybridized carbons (Fsp3) is 0.278. The second kappa shape index (κ2) is 6.76. The molecule has 6 nitrogen and oxygen atoms in total. The molecule has 0 aromatic heterocycles. The molecule has 7 heteroatoms. The van der Waals surface area contributed by atoms with Gasteiger partial charge in [0.1, 0.15) is 0 Å². The monoisotopic (exact) mass is 359 g/mol. The minimum atomic E-state index is -3.71. The molecule has 0 saturated carbocycles. The van der Waals surface area contributed by atoms with Crippen LogP contribution in [0.15, 0.2) is 47.4 Å². The lowest BCUT2D eigenvalue weighted by Crippen LogP contribution is -2.47. The van der Waals surface area contributed by atoms with Gasteiger partial charge in [-0.2, -0.15) is 0 Å². The Morgan fingerprint density at radius 2 is 1.88 bits per heavy atom. The number of hydrogen-bond acceptors (Lipinski definition) is 4. The van der Waals surface area contributed by atoms with Crippen molar-refractivity contribution in [3.63, 3.8) is 0 Å². The van der Waals surface area contributed by atoms with Crippen LogP contribution in [0.1, 0.15) is 11.1 Å². The molecule has 1 amide bonds. The summed E-state index contributed by atoms with van der Waals surface area (Å²) in [6.45, 7) is 5.09. The molecule has 2 aromatic carbocycles. The lowest BCUT2D eigenvalue weighted by Gasteiger charge is -2.30. The zero-order valence-electron chi connectivity index (χ0n) is 14.2. The van der Waals surface area contributed by atoms with Crippen LogP contribution in [-0.4, -0.2) is 34.0 Å². The highest BCUT2D eigenvalue weighted by molar-refractivity contribution is 7.92. The SMILES string of the molecule is Cc1ccc(S(=O)(=O)Nc2ccccc2N2CCNC(=O)C2)c(C)c1. The Hall–Kier alpha value is -2.54. The molecular weight excluding hydrogens is 338 g/mol. The van der Waals surface area contributed by atoms with Crippen LogP contribution in [0.3, 0.4) is 0 Å². The van der Waals surface area contributed by atoms with Crippen molar-refractivity contribution in [3.05, 3.63) is 53.6 Å². The number of aryl methyl sites for hydroxylation is 2. The molecule has 1 aliphatic heterocycles. The number of sulfonamides is 1. The van der Waals surface area contributed by atoms with Gasteiger partial charge in [-0.05, 0) is 37.6 Å². The van der Waals surface area contributed by atoms with Crippen molar-refractivity contribution in [1.82, 2.24) is 5.32 Å². The van der Waals surface area contributed by atoms with Crippen molar-refractivity contribution in [1.29, 1.82) is 0 Å². The number of rotatable bonds is 4. The van der Waals surface area contributed by atoms with Gasteiger partial charge in [0.05, 0.1) is 22.8 Å². The number of nitrogens with zero attached hydrogens (tertiary/aromatic N) is 1. The van der Waals surface area contributed by atoms with E-state index in [2.05, 4.69) is 10.0 Å². The van der Waals surface area contributed by atoms with Crippen molar-refractivity contribution in [2.24, 2.45) is 0 Å². The van der Waals surface area contributed by atoms with E-state index < -0.39 is 10.0 Å². The van der Waals surface area contributed by atoms with E-state index in [0.717, 1.165) is 5.56 Å². The van der Waals surface area contributed by atoms with E-state index in [1.54, 1.807) is 31.2 Å². The van der Waals surface area contributed by atoms with Crippen LogP contribution in [-0.2, 0) is 14.8 Å². The van der Waals surface area contributed by atoms with Gasteiger partial charge in [-0.15, -0.1) is 0 Å². The standard InChI is InChI=1S/C18H21N3O3S/c1-13-7-8-17(14(2)11-13)25(23,24)20-15-5-3-4-6-16(15)21-10-9-19-18(22)12-21/h3-8,11,20H,9-10,12H2,1-2H3,(H,19,22). The molecule has 25 heavy (non-hydrogen) atoms. The summed E-state index contributed by atoms with van der Waals surface area (Å²) in [5.41, 5.74) is 2.88. The van der Waals surface area contributed by atoms with Gasteiger partial charge in [-0.25, -0.2) is 8.42 Å². The van der Waals surface area contributed by atoms with Gasteiger partial charge in [-0.3, -0.25) is 9.52 Å². The van der Waals surface area contributed by atoms with Crippen LogP contribution >= 0.6 is 0 Å². The Bertz CT molecular complexity index is 910. The highest BCUT2D eigenvalue weighted by Crippen LogP contribution is 2.29. The molecule has 0 spiro atoms. The van der Waals surface area contributed by atoms with Crippen LogP contribution in [0.5, 0.6) is 0 Å². The highest BCUT2D eigenvalue weighted by atomic mass is 32.2. The van der Waals surface area contributed by atoms with Gasteiger partial charge in [-0.1, -0.05) is 29.8 Å². The number of carbonyl (C=O) groups excluding carboxylic acids is 1. The number of anilines is 2. The van der Waals surface area contributed by atoms with E-state index >= 15 is 0 Å². The second-order valence-electron chi connectivity index (χ2n) is 6.16. The van der Waals surface area contributed by atoms with Gasteiger partial charge in [0.25, 0.3) is 10.0 Å². The van der Waals surface area contributed by atoms with E-state index in [4.69, 9.17) is 0 Å². The summed E-state index contributed by atoms with van der Waals surface area (Å²) in [5.74, 6) is -0.0710. The van der Waals surface area contributed by atoms with Crippen molar-refractivity contribution >= 4 is 27.3 Å². The summed E-state index contributed by atoms with van der Waals surface area (Å²) in [4.78, 5) is 13.8. The molecule has 1 fully saturated rings. The number of amides is 1. The quantitative estimate of drug-likeness (QED) is 0.876. The van der Waals surface area contributed by atoms with Crippen LogP contribution in [0.4, 0.5) is 11.4 Å². The van der Waals surface area contributed by atoms with Crippen LogP contribution < -0.4 is 14.9 Å². The minimum Gasteiger partial charge on any atom is -0.359 e. The highest BCUT2D eigenvalue weighted by Gasteiger charge is 2.22. The smallest absolute Gasteiger partial charge is 0.262 e. The molecule has 0 unspecified atom stereocenters. The molecule has 1 aliphatic rings. The van der Waals surface area contributed by atoms with Gasteiger partial charge >= 0.3 is 0 Å². The normalized spacial score (nSPS) is 15.0. The van der Waals surface area contributed by atoms with Gasteiger partial charge in [0, 0.05) is 13.1 Å². The van der Waals surface area contributed by atoms with E-state index in [1.165, 1.54) is 0 Å². The number of hydrogen-bond donors (Lipinski definition) is 2. The van der Waals surface area contributed by atoms with Gasteiger partial charge in [0.2, 0.25) is 5.91 Å². The van der Waals surface area contributed by atoms with Gasteiger partial charge < -0.3 is 10.2 Å². The molecule has 2 aromatic rings. The van der Waals surface area contributed by atoms with Crippen molar-refractivity contribution < 1.29 is 13.2 Å². The lowest BCUT2D eigenvalue weighted by molar-refractivity contribution is -0.120. The summed E-state index contributed by atoms with van der Waals surface area (Å²) >= 11 is 0. The maximum Gasteiger partial charge on any atom is 0.262 e. The van der Waals surface area contributed by atoms with Crippen LogP contribution in [0.25, 0.3) is 0 Å². The van der Waals surface area contributed by atoms with E-state index in [9.17, 15) is 13.2 Å². The lowest BCUT2D eigenvalue weighted by atomic mass is 10.2. The third-order valence-electron chi connectivity index (χ3n) is 4.15. The predicted molar refractivity (Wildman–Crippen MR) is 98.4 cm³/mol. The molecule has 0 atom stereocenters. The zero-order valence-corrected chi connectivity index (χ0v) is 15.1. The number of piperazine rings is 1. The number of para-hydroxylation sites is 2. The number of nitrogens with one attached hydrogen (secondary N) is 2. The Morgan fingerprint density at radius 3 is 2.60 bits per heavy atom. The number of benzene rings is 2. The Morgan fingerprint density at radius 1 is 1.12 bits per heavy atom. The van der Waals surface area contributed by atoms with E-state index in [0.29, 0.717) is 30.0 Å². The first kappa shape index (κ1) is 17.3. The molecule has 132 valence electrons. The van der Waals surface area contributed by atoms with Crippen molar-refractivity contribution in [2.45, 2.75) is 18.7 Å². The molecular formula is C18H21N3O3S. The summed E-state index contributed by atoms with van der Waals surface area (Å²) < 4.78 is 28.3. The molecule has 1 saturated heterocycles. The summed E-state index contributed by atoms with van der Waals surface area (Å²) in [6.07, 6.45) is 0. The fourth-order valence-electron chi connectivity index (χ4n) is 2.98. The maximum atomic E-state index is 12.8. The molecule has 1 heterocycles. The zero-order chi connectivity index (χ0) is 18.0.